The lowest BCUT2D eigenvalue weighted by atomic mass is 10.2. The molecule has 0 radical (unpaired) electrons. The van der Waals surface area contributed by atoms with Crippen molar-refractivity contribution in [3.63, 3.8) is 0 Å². The maximum Gasteiger partial charge on any atom is 0.388 e. The normalized spacial score (nSPS) is 10.4. The third-order valence-corrected chi connectivity index (χ3v) is 1.45. The summed E-state index contributed by atoms with van der Waals surface area (Å²) in [6.07, 6.45) is -0.560. The van der Waals surface area contributed by atoms with Gasteiger partial charge in [-0.25, -0.2) is 0 Å². The topological polar surface area (TPSA) is 59.4 Å². The van der Waals surface area contributed by atoms with Gasteiger partial charge in [-0.2, -0.15) is 18.2 Å². The molecule has 4 nitrogen and oxygen atoms in total. The van der Waals surface area contributed by atoms with Crippen LogP contribution in [0.2, 0.25) is 0 Å². The summed E-state index contributed by atoms with van der Waals surface area (Å²) in [6, 6.07) is 1.91. The van der Waals surface area contributed by atoms with E-state index in [0.29, 0.717) is 0 Å². The minimum Gasteiger partial charge on any atom is -0.481 e. The van der Waals surface area contributed by atoms with Gasteiger partial charge in [0.05, 0.1) is 6.42 Å². The monoisotopic (exact) mass is 221 g/mol. The fourth-order valence-electron chi connectivity index (χ4n) is 0.931. The predicted octanol–water partition coefficient (Wildman–Crippen LogP) is 1.45. The number of nitrogens with zero attached hydrogens (tertiary/aromatic N) is 1. The molecular formula is C8H6F3NO3. The third-order valence-electron chi connectivity index (χ3n) is 1.45. The summed E-state index contributed by atoms with van der Waals surface area (Å²) in [4.78, 5) is 13.4. The first-order valence-corrected chi connectivity index (χ1v) is 3.81. The minimum absolute atomic E-state index is 0.107. The Balaban J connectivity index is 2.97. The molecule has 0 aliphatic rings. The van der Waals surface area contributed by atoms with E-state index in [2.05, 4.69) is 9.72 Å². The first-order chi connectivity index (χ1) is 6.99. The molecule has 7 heteroatoms. The summed E-state index contributed by atoms with van der Waals surface area (Å²) < 4.78 is 40.1. The maximum atomic E-state index is 12.6. The molecule has 0 fully saturated rings. The number of alkyl halides is 2. The summed E-state index contributed by atoms with van der Waals surface area (Å²) in [5.41, 5.74) is -0.107. The van der Waals surface area contributed by atoms with Crippen molar-refractivity contribution in [1.29, 1.82) is 0 Å². The summed E-state index contributed by atoms with van der Waals surface area (Å²) in [6.45, 7) is -3.17. The van der Waals surface area contributed by atoms with E-state index < -0.39 is 30.8 Å². The molecule has 0 saturated heterocycles. The van der Waals surface area contributed by atoms with Gasteiger partial charge in [0, 0.05) is 5.56 Å². The third kappa shape index (κ3) is 3.45. The molecule has 0 atom stereocenters. The van der Waals surface area contributed by atoms with Gasteiger partial charge in [0.15, 0.2) is 0 Å². The van der Waals surface area contributed by atoms with Crippen LogP contribution in [0.1, 0.15) is 5.56 Å². The summed E-state index contributed by atoms with van der Waals surface area (Å²) in [7, 11) is 0. The molecule has 1 N–H and O–H groups in total. The zero-order valence-electron chi connectivity index (χ0n) is 7.28. The lowest BCUT2D eigenvalue weighted by Crippen LogP contribution is -2.09. The molecule has 0 bridgehead atoms. The van der Waals surface area contributed by atoms with Crippen molar-refractivity contribution >= 4 is 5.97 Å². The van der Waals surface area contributed by atoms with Crippen molar-refractivity contribution in [3.8, 4) is 5.88 Å². The van der Waals surface area contributed by atoms with E-state index in [4.69, 9.17) is 5.11 Å². The second-order valence-corrected chi connectivity index (χ2v) is 2.55. The molecule has 0 aliphatic carbocycles. The summed E-state index contributed by atoms with van der Waals surface area (Å²) in [5, 5.41) is 8.43. The number of ether oxygens (including phenoxy) is 1. The van der Waals surface area contributed by atoms with Crippen LogP contribution < -0.4 is 4.74 Å². The first-order valence-electron chi connectivity index (χ1n) is 3.81. The fraction of sp³-hybridized carbons (Fsp3) is 0.250. The average molecular weight is 221 g/mol. The number of carboxylic acid groups (broad SMARTS) is 1. The van der Waals surface area contributed by atoms with Crippen LogP contribution >= 0.6 is 0 Å². The van der Waals surface area contributed by atoms with Gasteiger partial charge in [0.2, 0.25) is 11.8 Å². The molecule has 0 spiro atoms. The van der Waals surface area contributed by atoms with Gasteiger partial charge < -0.3 is 9.84 Å². The minimum atomic E-state index is -3.17. The second-order valence-electron chi connectivity index (χ2n) is 2.55. The highest BCUT2D eigenvalue weighted by Gasteiger charge is 2.14. The predicted molar refractivity (Wildman–Crippen MR) is 42.2 cm³/mol. The quantitative estimate of drug-likeness (QED) is 0.781. The van der Waals surface area contributed by atoms with Crippen LogP contribution in [-0.2, 0) is 11.2 Å². The number of pyridine rings is 1. The molecule has 0 aromatic carbocycles. The SMILES string of the molecule is O=C(O)Cc1ccc(F)nc1OC(F)F. The maximum absolute atomic E-state index is 12.6. The standard InChI is InChI=1S/C8H6F3NO3/c9-5-2-1-4(3-6(13)14)7(12-5)15-8(10)11/h1-2,8H,3H2,(H,13,14). The average Bonchev–Trinajstić information content (AvgIpc) is 2.08. The number of aromatic nitrogens is 1. The molecule has 82 valence electrons. The molecule has 0 aliphatic heterocycles. The van der Waals surface area contributed by atoms with Crippen LogP contribution in [0.4, 0.5) is 13.2 Å². The molecule has 1 rings (SSSR count). The van der Waals surface area contributed by atoms with E-state index >= 15 is 0 Å². The van der Waals surface area contributed by atoms with Gasteiger partial charge in [-0.1, -0.05) is 0 Å². The highest BCUT2D eigenvalue weighted by atomic mass is 19.3. The molecule has 0 unspecified atom stereocenters. The van der Waals surface area contributed by atoms with E-state index in [9.17, 15) is 18.0 Å². The lowest BCUT2D eigenvalue weighted by Gasteiger charge is -2.07. The molecule has 0 amide bonds. The molecule has 1 aromatic rings. The van der Waals surface area contributed by atoms with E-state index in [1.54, 1.807) is 0 Å². The largest absolute Gasteiger partial charge is 0.481 e. The van der Waals surface area contributed by atoms with E-state index in [-0.39, 0.29) is 5.56 Å². The van der Waals surface area contributed by atoms with Gasteiger partial charge in [-0.05, 0) is 12.1 Å². The molecule has 1 heterocycles. The lowest BCUT2D eigenvalue weighted by molar-refractivity contribution is -0.136. The molecular weight excluding hydrogens is 215 g/mol. The van der Waals surface area contributed by atoms with Gasteiger partial charge in [0.1, 0.15) is 0 Å². The number of carbonyl (C=O) groups is 1. The molecule has 15 heavy (non-hydrogen) atoms. The number of carboxylic acids is 1. The van der Waals surface area contributed by atoms with Gasteiger partial charge in [-0.15, -0.1) is 0 Å². The highest BCUT2D eigenvalue weighted by Crippen LogP contribution is 2.18. The van der Waals surface area contributed by atoms with E-state index in [1.807, 2.05) is 0 Å². The Labute approximate surface area is 82.3 Å². The van der Waals surface area contributed by atoms with Crippen LogP contribution in [0.25, 0.3) is 0 Å². The van der Waals surface area contributed by atoms with Crippen molar-refractivity contribution in [2.75, 3.05) is 0 Å². The second kappa shape index (κ2) is 4.63. The van der Waals surface area contributed by atoms with Crippen LogP contribution in [0.3, 0.4) is 0 Å². The van der Waals surface area contributed by atoms with Gasteiger partial charge in [0.25, 0.3) is 0 Å². The van der Waals surface area contributed by atoms with Crippen LogP contribution in [0, 0.1) is 5.95 Å². The van der Waals surface area contributed by atoms with Crippen molar-refractivity contribution in [2.24, 2.45) is 0 Å². The summed E-state index contributed by atoms with van der Waals surface area (Å²) in [5.74, 6) is -2.96. The Morgan fingerprint density at radius 3 is 2.73 bits per heavy atom. The summed E-state index contributed by atoms with van der Waals surface area (Å²) >= 11 is 0. The van der Waals surface area contributed by atoms with Crippen molar-refractivity contribution in [2.45, 2.75) is 13.0 Å². The highest BCUT2D eigenvalue weighted by molar-refractivity contribution is 5.70. The zero-order chi connectivity index (χ0) is 11.4. The Hall–Kier alpha value is -1.79. The fourth-order valence-corrected chi connectivity index (χ4v) is 0.931. The van der Waals surface area contributed by atoms with E-state index in [0.717, 1.165) is 12.1 Å². The number of hydrogen-bond acceptors (Lipinski definition) is 3. The van der Waals surface area contributed by atoms with Gasteiger partial charge >= 0.3 is 12.6 Å². The molecule has 0 saturated carbocycles. The molecule has 1 aromatic heterocycles. The van der Waals surface area contributed by atoms with Crippen LogP contribution in [0.15, 0.2) is 12.1 Å². The van der Waals surface area contributed by atoms with Crippen molar-refractivity contribution < 1.29 is 27.8 Å². The first kappa shape index (κ1) is 11.3. The van der Waals surface area contributed by atoms with Crippen LogP contribution in [-0.4, -0.2) is 22.7 Å². The van der Waals surface area contributed by atoms with Crippen LogP contribution in [0.5, 0.6) is 5.88 Å². The van der Waals surface area contributed by atoms with Crippen molar-refractivity contribution in [3.05, 3.63) is 23.6 Å². The zero-order valence-corrected chi connectivity index (χ0v) is 7.28. The Bertz CT molecular complexity index is 370. The number of rotatable bonds is 4. The number of halogens is 3. The van der Waals surface area contributed by atoms with E-state index in [1.165, 1.54) is 0 Å². The number of aliphatic carboxylic acids is 1. The smallest absolute Gasteiger partial charge is 0.388 e. The Kier molecular flexibility index (Phi) is 3.48. The Morgan fingerprint density at radius 1 is 1.53 bits per heavy atom. The van der Waals surface area contributed by atoms with Crippen molar-refractivity contribution in [1.82, 2.24) is 4.98 Å². The number of hydrogen-bond donors (Lipinski definition) is 1. The Morgan fingerprint density at radius 2 is 2.20 bits per heavy atom. The van der Waals surface area contributed by atoms with Gasteiger partial charge in [-0.3, -0.25) is 4.79 Å².